The van der Waals surface area contributed by atoms with E-state index in [1.165, 1.54) is 21.0 Å². The van der Waals surface area contributed by atoms with Gasteiger partial charge in [0.05, 0.1) is 15.5 Å². The Morgan fingerprint density at radius 1 is 1.56 bits per heavy atom. The first kappa shape index (κ1) is 16.1. The number of carboxylic acid groups (broad SMARTS) is 1. The molecular formula is C10H14ClN3O4. The van der Waals surface area contributed by atoms with Crippen molar-refractivity contribution >= 4 is 28.9 Å². The maximum Gasteiger partial charge on any atom is 0.337 e. The number of benzene rings is 1. The molecule has 4 N–H and O–H groups in total. The van der Waals surface area contributed by atoms with Crippen molar-refractivity contribution in [2.24, 2.45) is 5.73 Å². The summed E-state index contributed by atoms with van der Waals surface area (Å²) in [6, 6.07) is 0.948. The highest BCUT2D eigenvalue weighted by Crippen LogP contribution is 2.35. The van der Waals surface area contributed by atoms with Gasteiger partial charge in [0.25, 0.3) is 5.69 Å². The molecule has 0 amide bonds. The third kappa shape index (κ3) is 3.08. The van der Waals surface area contributed by atoms with Crippen molar-refractivity contribution in [2.75, 3.05) is 19.4 Å². The predicted octanol–water partition coefficient (Wildman–Crippen LogP) is 1.87. The standard InChI is InChI=1S/C9H9ClN2O4.CH5N/c1-4-7(10)5(9(13)14)3-6(12(15)16)8(4)11-2;1-2/h3,11H,1-2H3,(H,13,14);2H2,1H3. The summed E-state index contributed by atoms with van der Waals surface area (Å²) >= 11 is 5.81. The van der Waals surface area contributed by atoms with Crippen LogP contribution in [0.5, 0.6) is 0 Å². The normalized spacial score (nSPS) is 9.17. The van der Waals surface area contributed by atoms with Gasteiger partial charge in [0.2, 0.25) is 0 Å². The smallest absolute Gasteiger partial charge is 0.337 e. The number of carboxylic acids is 1. The summed E-state index contributed by atoms with van der Waals surface area (Å²) in [5.74, 6) is -1.29. The van der Waals surface area contributed by atoms with Gasteiger partial charge in [-0.1, -0.05) is 11.6 Å². The van der Waals surface area contributed by atoms with Gasteiger partial charge >= 0.3 is 5.97 Å². The van der Waals surface area contributed by atoms with Crippen LogP contribution in [0.2, 0.25) is 5.02 Å². The minimum Gasteiger partial charge on any atom is -0.478 e. The summed E-state index contributed by atoms with van der Waals surface area (Å²) in [6.07, 6.45) is 0. The average Bonchev–Trinajstić information content (AvgIpc) is 2.33. The summed E-state index contributed by atoms with van der Waals surface area (Å²) in [5, 5.41) is 22.2. The zero-order chi connectivity index (χ0) is 14.5. The first-order chi connectivity index (χ1) is 8.40. The van der Waals surface area contributed by atoms with Crippen molar-refractivity contribution in [3.63, 3.8) is 0 Å². The lowest BCUT2D eigenvalue weighted by atomic mass is 10.1. The van der Waals surface area contributed by atoms with Crippen LogP contribution in [-0.2, 0) is 0 Å². The van der Waals surface area contributed by atoms with Crippen molar-refractivity contribution in [2.45, 2.75) is 6.92 Å². The van der Waals surface area contributed by atoms with E-state index in [2.05, 4.69) is 11.1 Å². The Bertz CT molecular complexity index is 477. The number of carbonyl (C=O) groups is 1. The Balaban J connectivity index is 0.00000137. The molecule has 0 heterocycles. The van der Waals surface area contributed by atoms with Crippen molar-refractivity contribution in [3.8, 4) is 0 Å². The zero-order valence-corrected chi connectivity index (χ0v) is 10.9. The molecule has 0 aliphatic carbocycles. The van der Waals surface area contributed by atoms with E-state index >= 15 is 0 Å². The molecule has 0 aliphatic rings. The molecule has 18 heavy (non-hydrogen) atoms. The number of nitrogens with two attached hydrogens (primary N) is 1. The molecule has 8 heteroatoms. The Kier molecular flexibility index (Phi) is 6.07. The minimum atomic E-state index is -1.29. The Labute approximate surface area is 109 Å². The fourth-order valence-corrected chi connectivity index (χ4v) is 1.62. The first-order valence-corrected chi connectivity index (χ1v) is 5.24. The van der Waals surface area contributed by atoms with Gasteiger partial charge in [0, 0.05) is 13.1 Å². The monoisotopic (exact) mass is 275 g/mol. The molecule has 1 rings (SSSR count). The molecule has 0 saturated carbocycles. The molecule has 0 unspecified atom stereocenters. The fourth-order valence-electron chi connectivity index (χ4n) is 1.39. The lowest BCUT2D eigenvalue weighted by Crippen LogP contribution is -2.05. The van der Waals surface area contributed by atoms with Gasteiger partial charge in [-0.05, 0) is 19.5 Å². The maximum atomic E-state index is 10.8. The molecule has 0 atom stereocenters. The van der Waals surface area contributed by atoms with Crippen LogP contribution in [0.4, 0.5) is 11.4 Å². The number of hydrogen-bond donors (Lipinski definition) is 3. The molecule has 7 nitrogen and oxygen atoms in total. The SMILES string of the molecule is CN.CNc1c([N+](=O)[O-])cc(C(=O)O)c(Cl)c1C. The van der Waals surface area contributed by atoms with Gasteiger partial charge in [-0.15, -0.1) is 0 Å². The first-order valence-electron chi connectivity index (χ1n) is 4.86. The lowest BCUT2D eigenvalue weighted by Gasteiger charge is -2.09. The van der Waals surface area contributed by atoms with Gasteiger partial charge in [-0.3, -0.25) is 10.1 Å². The van der Waals surface area contributed by atoms with E-state index in [9.17, 15) is 14.9 Å². The highest BCUT2D eigenvalue weighted by Gasteiger charge is 2.23. The largest absolute Gasteiger partial charge is 0.478 e. The maximum absolute atomic E-state index is 10.8. The zero-order valence-electron chi connectivity index (χ0n) is 10.2. The summed E-state index contributed by atoms with van der Waals surface area (Å²) in [7, 11) is 3.01. The van der Waals surface area contributed by atoms with Crippen LogP contribution in [-0.4, -0.2) is 30.1 Å². The number of nitro benzene ring substituents is 1. The van der Waals surface area contributed by atoms with Crippen molar-refractivity contribution in [3.05, 3.63) is 32.3 Å². The molecule has 0 radical (unpaired) electrons. The van der Waals surface area contributed by atoms with Gasteiger partial charge < -0.3 is 16.2 Å². The van der Waals surface area contributed by atoms with Crippen LogP contribution in [0.3, 0.4) is 0 Å². The van der Waals surface area contributed by atoms with E-state index in [1.54, 1.807) is 0 Å². The van der Waals surface area contributed by atoms with E-state index in [1.807, 2.05) is 0 Å². The molecule has 1 aromatic rings. The number of anilines is 1. The Morgan fingerprint density at radius 2 is 2.06 bits per heavy atom. The third-order valence-corrected chi connectivity index (χ3v) is 2.64. The van der Waals surface area contributed by atoms with Gasteiger partial charge in [0.1, 0.15) is 5.69 Å². The molecule has 100 valence electrons. The van der Waals surface area contributed by atoms with E-state index in [0.717, 1.165) is 6.07 Å². The van der Waals surface area contributed by atoms with Crippen molar-refractivity contribution < 1.29 is 14.8 Å². The molecule has 1 aromatic carbocycles. The third-order valence-electron chi connectivity index (χ3n) is 2.16. The summed E-state index contributed by atoms with van der Waals surface area (Å²) in [4.78, 5) is 20.9. The van der Waals surface area contributed by atoms with Crippen LogP contribution in [0.15, 0.2) is 6.07 Å². The highest BCUT2D eigenvalue weighted by atomic mass is 35.5. The molecule has 0 aliphatic heterocycles. The molecule has 0 bridgehead atoms. The van der Waals surface area contributed by atoms with Crippen LogP contribution in [0.25, 0.3) is 0 Å². The Hall–Kier alpha value is -1.86. The Morgan fingerprint density at radius 3 is 2.39 bits per heavy atom. The summed E-state index contributed by atoms with van der Waals surface area (Å²) < 4.78 is 0. The molecular weight excluding hydrogens is 262 g/mol. The molecule has 0 aromatic heterocycles. The number of halogens is 1. The van der Waals surface area contributed by atoms with E-state index in [4.69, 9.17) is 16.7 Å². The fraction of sp³-hybridized carbons (Fsp3) is 0.300. The average molecular weight is 276 g/mol. The van der Waals surface area contributed by atoms with E-state index < -0.39 is 10.9 Å². The highest BCUT2D eigenvalue weighted by molar-refractivity contribution is 6.34. The second-order valence-electron chi connectivity index (χ2n) is 3.07. The van der Waals surface area contributed by atoms with Crippen LogP contribution in [0, 0.1) is 17.0 Å². The molecule has 0 fully saturated rings. The van der Waals surface area contributed by atoms with Crippen LogP contribution < -0.4 is 11.1 Å². The van der Waals surface area contributed by atoms with Crippen molar-refractivity contribution in [1.82, 2.24) is 0 Å². The second-order valence-corrected chi connectivity index (χ2v) is 3.45. The van der Waals surface area contributed by atoms with Crippen LogP contribution >= 0.6 is 11.6 Å². The topological polar surface area (TPSA) is 118 Å². The number of nitro groups is 1. The van der Waals surface area contributed by atoms with Gasteiger partial charge in [-0.25, -0.2) is 4.79 Å². The quantitative estimate of drug-likeness (QED) is 0.572. The number of hydrogen-bond acceptors (Lipinski definition) is 5. The number of nitrogens with zero attached hydrogens (tertiary/aromatic N) is 1. The number of aromatic carboxylic acids is 1. The second kappa shape index (κ2) is 6.77. The number of nitrogens with one attached hydrogen (secondary N) is 1. The summed E-state index contributed by atoms with van der Waals surface area (Å²) in [5.41, 5.74) is 4.49. The predicted molar refractivity (Wildman–Crippen MR) is 69.5 cm³/mol. The van der Waals surface area contributed by atoms with Gasteiger partial charge in [-0.2, -0.15) is 0 Å². The van der Waals surface area contributed by atoms with E-state index in [0.29, 0.717) is 5.56 Å². The lowest BCUT2D eigenvalue weighted by molar-refractivity contribution is -0.384. The molecule has 0 spiro atoms. The van der Waals surface area contributed by atoms with Gasteiger partial charge in [0.15, 0.2) is 0 Å². The minimum absolute atomic E-state index is 0.00227. The van der Waals surface area contributed by atoms with E-state index in [-0.39, 0.29) is 22.0 Å². The number of rotatable bonds is 3. The van der Waals surface area contributed by atoms with Crippen molar-refractivity contribution in [1.29, 1.82) is 0 Å². The molecule has 0 saturated heterocycles. The summed E-state index contributed by atoms with van der Waals surface area (Å²) in [6.45, 7) is 1.52. The van der Waals surface area contributed by atoms with Crippen LogP contribution in [0.1, 0.15) is 15.9 Å².